The number of furan rings is 1. The van der Waals surface area contributed by atoms with Crippen LogP contribution in [0.2, 0.25) is 10.0 Å². The molecule has 5 rings (SSSR count). The zero-order valence-electron chi connectivity index (χ0n) is 20.4. The maximum atomic E-state index is 14.1. The fourth-order valence-corrected chi connectivity index (χ4v) is 5.15. The molecule has 2 N–H and O–H groups in total. The van der Waals surface area contributed by atoms with Crippen LogP contribution in [0.15, 0.2) is 47.3 Å². The van der Waals surface area contributed by atoms with Gasteiger partial charge in [0.05, 0.1) is 29.9 Å². The predicted molar refractivity (Wildman–Crippen MR) is 143 cm³/mol. The molecule has 4 aromatic rings. The summed E-state index contributed by atoms with van der Waals surface area (Å²) in [6.45, 7) is 7.64. The van der Waals surface area contributed by atoms with E-state index in [0.717, 1.165) is 36.6 Å². The fraction of sp³-hybridized carbons (Fsp3) is 0.308. The Morgan fingerprint density at radius 3 is 2.65 bits per heavy atom. The first-order valence-electron chi connectivity index (χ1n) is 11.9. The van der Waals surface area contributed by atoms with E-state index < -0.39 is 11.9 Å². The Labute approximate surface area is 223 Å². The van der Waals surface area contributed by atoms with E-state index in [4.69, 9.17) is 47.8 Å². The molecule has 0 spiro atoms. The van der Waals surface area contributed by atoms with E-state index in [-0.39, 0.29) is 21.6 Å². The van der Waals surface area contributed by atoms with Crippen molar-refractivity contribution in [3.8, 4) is 16.9 Å². The Bertz CT molecular complexity index is 1410. The maximum Gasteiger partial charge on any atom is 0.205 e. The van der Waals surface area contributed by atoms with Gasteiger partial charge in [-0.2, -0.15) is 0 Å². The molecular weight excluding hydrogens is 520 g/mol. The number of fused-ring (bicyclic) bond motifs is 1. The Kier molecular flexibility index (Phi) is 7.39. The van der Waals surface area contributed by atoms with Crippen LogP contribution < -0.4 is 15.5 Å². The SMILES string of the molecule is CCN(c1ccc(-c2coc3c(OC(C)c4c(Cl)ccc(F)c4Cl)c(N)ncc23)cn1)N1CCOCC1. The van der Waals surface area contributed by atoms with Crippen LogP contribution in [-0.2, 0) is 4.74 Å². The van der Waals surface area contributed by atoms with Gasteiger partial charge in [0.1, 0.15) is 17.7 Å². The lowest BCUT2D eigenvalue weighted by atomic mass is 10.1. The second-order valence-corrected chi connectivity index (χ2v) is 9.35. The van der Waals surface area contributed by atoms with Gasteiger partial charge in [-0.05, 0) is 38.1 Å². The highest BCUT2D eigenvalue weighted by Gasteiger charge is 2.24. The lowest BCUT2D eigenvalue weighted by Crippen LogP contribution is -2.49. The van der Waals surface area contributed by atoms with Crippen molar-refractivity contribution in [1.82, 2.24) is 15.0 Å². The normalized spacial score (nSPS) is 15.2. The van der Waals surface area contributed by atoms with Crippen LogP contribution in [0.3, 0.4) is 0 Å². The van der Waals surface area contributed by atoms with Crippen molar-refractivity contribution in [3.05, 3.63) is 64.3 Å². The van der Waals surface area contributed by atoms with Gasteiger partial charge in [-0.25, -0.2) is 19.4 Å². The van der Waals surface area contributed by atoms with Crippen LogP contribution in [0.5, 0.6) is 5.75 Å². The number of hydrogen-bond acceptors (Lipinski definition) is 8. The Hall–Kier alpha value is -3.11. The van der Waals surface area contributed by atoms with Crippen LogP contribution >= 0.6 is 23.2 Å². The van der Waals surface area contributed by atoms with Gasteiger partial charge in [-0.15, -0.1) is 0 Å². The third-order valence-corrected chi connectivity index (χ3v) is 7.05. The summed E-state index contributed by atoms with van der Waals surface area (Å²) in [6.07, 6.45) is 4.32. The van der Waals surface area contributed by atoms with Gasteiger partial charge >= 0.3 is 0 Å². The van der Waals surface area contributed by atoms with Crippen molar-refractivity contribution >= 4 is 45.8 Å². The topological polar surface area (TPSA) is 89.9 Å². The maximum absolute atomic E-state index is 14.1. The number of halogens is 3. The smallest absolute Gasteiger partial charge is 0.205 e. The molecule has 0 bridgehead atoms. The molecule has 4 heterocycles. The molecule has 1 atom stereocenters. The third kappa shape index (κ3) is 4.92. The number of hydrazine groups is 1. The molecule has 8 nitrogen and oxygen atoms in total. The van der Waals surface area contributed by atoms with Crippen molar-refractivity contribution in [2.75, 3.05) is 43.6 Å². The minimum absolute atomic E-state index is 0.108. The molecular formula is C26H26Cl2FN5O3. The zero-order chi connectivity index (χ0) is 26.1. The molecule has 3 aromatic heterocycles. The van der Waals surface area contributed by atoms with Gasteiger partial charge in [0.25, 0.3) is 0 Å². The van der Waals surface area contributed by atoms with Crippen molar-refractivity contribution in [2.24, 2.45) is 0 Å². The zero-order valence-corrected chi connectivity index (χ0v) is 21.9. The lowest BCUT2D eigenvalue weighted by Gasteiger charge is -2.37. The van der Waals surface area contributed by atoms with Gasteiger partial charge in [0.15, 0.2) is 11.4 Å². The summed E-state index contributed by atoms with van der Waals surface area (Å²) >= 11 is 12.4. The number of nitrogens with two attached hydrogens (primary N) is 1. The van der Waals surface area contributed by atoms with E-state index in [9.17, 15) is 4.39 Å². The summed E-state index contributed by atoms with van der Waals surface area (Å²) in [7, 11) is 0. The Balaban J connectivity index is 1.45. The van der Waals surface area contributed by atoms with Crippen molar-refractivity contribution in [2.45, 2.75) is 20.0 Å². The summed E-state index contributed by atoms with van der Waals surface area (Å²) in [4.78, 5) is 9.00. The first-order valence-corrected chi connectivity index (χ1v) is 12.7. The molecule has 1 unspecified atom stereocenters. The predicted octanol–water partition coefficient (Wildman–Crippen LogP) is 6.13. The Morgan fingerprint density at radius 1 is 1.16 bits per heavy atom. The number of anilines is 2. The highest BCUT2D eigenvalue weighted by Crippen LogP contribution is 2.41. The number of pyridine rings is 2. The standard InChI is InChI=1S/C26H26Cl2FN5O3/c1-3-34(33-8-10-35-11-9-33)21-7-4-16(12-31-21)18-14-36-24-17(18)13-32-26(30)25(24)37-15(2)22-19(27)5-6-20(29)23(22)28/h4-7,12-15H,3,8-11H2,1-2H3,(H2,30,32). The summed E-state index contributed by atoms with van der Waals surface area (Å²) in [6, 6.07) is 6.60. The summed E-state index contributed by atoms with van der Waals surface area (Å²) in [5.74, 6) is 0.612. The van der Waals surface area contributed by atoms with Crippen LogP contribution in [0.1, 0.15) is 25.5 Å². The van der Waals surface area contributed by atoms with E-state index in [1.54, 1.807) is 25.6 Å². The van der Waals surface area contributed by atoms with E-state index >= 15 is 0 Å². The lowest BCUT2D eigenvalue weighted by molar-refractivity contribution is 0.0318. The van der Waals surface area contributed by atoms with Gasteiger partial charge < -0.3 is 19.6 Å². The monoisotopic (exact) mass is 545 g/mol. The molecule has 1 saturated heterocycles. The molecule has 1 aliphatic rings. The number of benzene rings is 1. The van der Waals surface area contributed by atoms with Crippen LogP contribution in [-0.4, -0.2) is 47.8 Å². The number of rotatable bonds is 7. The van der Waals surface area contributed by atoms with Crippen LogP contribution in [0, 0.1) is 5.82 Å². The number of hydrogen-bond donors (Lipinski definition) is 1. The van der Waals surface area contributed by atoms with E-state index in [1.165, 1.54) is 12.1 Å². The van der Waals surface area contributed by atoms with Crippen molar-refractivity contribution in [3.63, 3.8) is 0 Å². The molecule has 1 aliphatic heterocycles. The molecule has 1 fully saturated rings. The minimum atomic E-state index is -0.722. The highest BCUT2D eigenvalue weighted by molar-refractivity contribution is 6.36. The molecule has 1 aromatic carbocycles. The number of aromatic nitrogens is 2. The summed E-state index contributed by atoms with van der Waals surface area (Å²) in [5.41, 5.74) is 8.50. The first-order chi connectivity index (χ1) is 17.9. The Morgan fingerprint density at radius 2 is 1.95 bits per heavy atom. The molecule has 0 amide bonds. The third-order valence-electron chi connectivity index (χ3n) is 6.33. The second-order valence-electron chi connectivity index (χ2n) is 8.57. The first kappa shape index (κ1) is 25.5. The van der Waals surface area contributed by atoms with Gasteiger partial charge in [0.2, 0.25) is 5.75 Å². The second kappa shape index (κ2) is 10.7. The van der Waals surface area contributed by atoms with E-state index in [2.05, 4.69) is 21.9 Å². The average Bonchev–Trinajstić information content (AvgIpc) is 3.34. The number of nitrogens with zero attached hydrogens (tertiary/aromatic N) is 4. The van der Waals surface area contributed by atoms with Crippen LogP contribution in [0.4, 0.5) is 16.0 Å². The number of ether oxygens (including phenoxy) is 2. The van der Waals surface area contributed by atoms with Crippen LogP contribution in [0.25, 0.3) is 22.1 Å². The van der Waals surface area contributed by atoms with E-state index in [1.807, 2.05) is 12.1 Å². The number of morpholine rings is 1. The molecule has 11 heteroatoms. The van der Waals surface area contributed by atoms with Gasteiger partial charge in [-0.1, -0.05) is 23.2 Å². The molecule has 0 radical (unpaired) electrons. The fourth-order valence-electron chi connectivity index (χ4n) is 4.47. The molecule has 37 heavy (non-hydrogen) atoms. The largest absolute Gasteiger partial charge is 0.478 e. The summed E-state index contributed by atoms with van der Waals surface area (Å²) < 4.78 is 31.5. The van der Waals surface area contributed by atoms with E-state index in [0.29, 0.717) is 29.7 Å². The molecule has 194 valence electrons. The summed E-state index contributed by atoms with van der Waals surface area (Å²) in [5, 5.41) is 5.26. The van der Waals surface area contributed by atoms with Gasteiger partial charge in [0, 0.05) is 53.7 Å². The molecule has 0 aliphatic carbocycles. The quantitative estimate of drug-likeness (QED) is 0.277. The highest BCUT2D eigenvalue weighted by atomic mass is 35.5. The average molecular weight is 546 g/mol. The van der Waals surface area contributed by atoms with Gasteiger partial charge in [-0.3, -0.25) is 5.01 Å². The van der Waals surface area contributed by atoms with Crippen molar-refractivity contribution < 1.29 is 18.3 Å². The number of nitrogen functional groups attached to an aromatic ring is 1. The van der Waals surface area contributed by atoms with Crippen molar-refractivity contribution in [1.29, 1.82) is 0 Å². The minimum Gasteiger partial charge on any atom is -0.478 e. The molecule has 0 saturated carbocycles.